The van der Waals surface area contributed by atoms with Crippen LogP contribution in [-0.2, 0) is 4.84 Å². The molecular formula is C13H11Cl2F2N3O2. The largest absolute Gasteiger partial charge is 0.296 e. The summed E-state index contributed by atoms with van der Waals surface area (Å²) in [6, 6.07) is 1.56. The van der Waals surface area contributed by atoms with Gasteiger partial charge in [0.2, 0.25) is 5.28 Å². The minimum absolute atomic E-state index is 0.0400. The Hall–Kier alpha value is -1.70. The number of nitrogens with zero attached hydrogens (tertiary/aromatic N) is 3. The van der Waals surface area contributed by atoms with Gasteiger partial charge >= 0.3 is 0 Å². The van der Waals surface area contributed by atoms with Crippen LogP contribution in [0.1, 0.15) is 16.2 Å². The van der Waals surface area contributed by atoms with Gasteiger partial charge in [-0.1, -0.05) is 11.6 Å². The van der Waals surface area contributed by atoms with Crippen LogP contribution < -0.4 is 0 Å². The highest BCUT2D eigenvalue weighted by molar-refractivity contribution is 6.33. The first-order valence-corrected chi connectivity index (χ1v) is 6.75. The molecule has 0 saturated heterocycles. The molecule has 0 bridgehead atoms. The molecule has 1 aromatic heterocycles. The number of aryl methyl sites for hydroxylation is 1. The first-order chi connectivity index (χ1) is 10.3. The fraction of sp³-hybridized carbons (Fsp3) is 0.231. The Kier molecular flexibility index (Phi) is 4.69. The third kappa shape index (κ3) is 2.79. The van der Waals surface area contributed by atoms with Crippen molar-refractivity contribution in [3.8, 4) is 5.69 Å². The second kappa shape index (κ2) is 6.20. The van der Waals surface area contributed by atoms with Gasteiger partial charge in [0, 0.05) is 13.1 Å². The van der Waals surface area contributed by atoms with E-state index in [0.29, 0.717) is 6.07 Å². The van der Waals surface area contributed by atoms with Crippen LogP contribution in [-0.4, -0.2) is 34.7 Å². The molecule has 0 fully saturated rings. The zero-order chi connectivity index (χ0) is 16.6. The maximum atomic E-state index is 14.1. The van der Waals surface area contributed by atoms with Crippen molar-refractivity contribution in [1.29, 1.82) is 0 Å². The third-order valence-electron chi connectivity index (χ3n) is 2.98. The summed E-state index contributed by atoms with van der Waals surface area (Å²) < 4.78 is 28.3. The van der Waals surface area contributed by atoms with E-state index in [9.17, 15) is 13.6 Å². The summed E-state index contributed by atoms with van der Waals surface area (Å²) in [5, 5.41) is 0.496. The Balaban J connectivity index is 2.75. The summed E-state index contributed by atoms with van der Waals surface area (Å²) in [6.45, 7) is 1.52. The third-order valence-corrected chi connectivity index (χ3v) is 3.52. The van der Waals surface area contributed by atoms with E-state index < -0.39 is 17.5 Å². The van der Waals surface area contributed by atoms with Crippen LogP contribution >= 0.6 is 23.2 Å². The van der Waals surface area contributed by atoms with Crippen molar-refractivity contribution in [1.82, 2.24) is 14.6 Å². The number of aromatic nitrogens is 2. The van der Waals surface area contributed by atoms with Gasteiger partial charge in [0.25, 0.3) is 5.91 Å². The summed E-state index contributed by atoms with van der Waals surface area (Å²) in [5.74, 6) is -2.43. The number of hydrogen-bond donors (Lipinski definition) is 0. The first-order valence-electron chi connectivity index (χ1n) is 5.99. The fourth-order valence-electron chi connectivity index (χ4n) is 1.93. The highest BCUT2D eigenvalue weighted by atomic mass is 35.5. The number of rotatable bonds is 3. The van der Waals surface area contributed by atoms with Gasteiger partial charge in [-0.05, 0) is 24.6 Å². The summed E-state index contributed by atoms with van der Waals surface area (Å²) >= 11 is 11.9. The zero-order valence-corrected chi connectivity index (χ0v) is 13.3. The molecule has 0 aliphatic carbocycles. The standard InChI is InChI=1S/C13H11Cl2F2N3O2/c1-6-10(12(21)19(2)22-3)20(13(15)18-6)11-8(14)4-7(16)5-9(11)17/h4-5H,1-3H3. The van der Waals surface area contributed by atoms with Gasteiger partial charge in [0.15, 0.2) is 5.82 Å². The second-order valence-corrected chi connectivity index (χ2v) is 5.10. The summed E-state index contributed by atoms with van der Waals surface area (Å²) in [6.07, 6.45) is 0. The first kappa shape index (κ1) is 16.7. The van der Waals surface area contributed by atoms with E-state index in [1.807, 2.05) is 0 Å². The van der Waals surface area contributed by atoms with Crippen LogP contribution in [0, 0.1) is 18.6 Å². The number of benzene rings is 1. The van der Waals surface area contributed by atoms with E-state index in [1.165, 1.54) is 21.1 Å². The van der Waals surface area contributed by atoms with Crippen LogP contribution in [0.15, 0.2) is 12.1 Å². The topological polar surface area (TPSA) is 47.4 Å². The van der Waals surface area contributed by atoms with Crippen LogP contribution in [0.25, 0.3) is 5.69 Å². The number of carbonyl (C=O) groups excluding carboxylic acids is 1. The summed E-state index contributed by atoms with van der Waals surface area (Å²) in [7, 11) is 2.66. The van der Waals surface area contributed by atoms with E-state index in [2.05, 4.69) is 4.98 Å². The summed E-state index contributed by atoms with van der Waals surface area (Å²) in [5.41, 5.74) is -0.0537. The molecule has 1 aromatic carbocycles. The molecule has 0 unspecified atom stereocenters. The maximum absolute atomic E-state index is 14.1. The molecule has 0 N–H and O–H groups in total. The molecule has 2 rings (SSSR count). The Labute approximate surface area is 135 Å². The number of halogens is 4. The van der Waals surface area contributed by atoms with E-state index in [4.69, 9.17) is 28.0 Å². The normalized spacial score (nSPS) is 10.9. The molecule has 9 heteroatoms. The highest BCUT2D eigenvalue weighted by Gasteiger charge is 2.27. The predicted molar refractivity (Wildman–Crippen MR) is 77.3 cm³/mol. The van der Waals surface area contributed by atoms with Crippen LogP contribution in [0.2, 0.25) is 10.3 Å². The number of amides is 1. The fourth-order valence-corrected chi connectivity index (χ4v) is 2.50. The van der Waals surface area contributed by atoms with Crippen LogP contribution in [0.3, 0.4) is 0 Å². The van der Waals surface area contributed by atoms with Gasteiger partial charge in [-0.3, -0.25) is 14.2 Å². The molecule has 2 aromatic rings. The predicted octanol–water partition coefficient (Wildman–Crippen LogP) is 3.40. The monoisotopic (exact) mass is 349 g/mol. The lowest BCUT2D eigenvalue weighted by Crippen LogP contribution is -2.28. The van der Waals surface area contributed by atoms with Gasteiger partial charge < -0.3 is 0 Å². The minimum atomic E-state index is -0.974. The molecule has 5 nitrogen and oxygen atoms in total. The maximum Gasteiger partial charge on any atom is 0.296 e. The van der Waals surface area contributed by atoms with Gasteiger partial charge in [-0.25, -0.2) is 18.8 Å². The van der Waals surface area contributed by atoms with Gasteiger partial charge in [0.05, 0.1) is 17.8 Å². The Morgan fingerprint density at radius 1 is 1.36 bits per heavy atom. The lowest BCUT2D eigenvalue weighted by atomic mass is 10.2. The molecule has 0 aliphatic rings. The van der Waals surface area contributed by atoms with Gasteiger partial charge in [-0.15, -0.1) is 0 Å². The Morgan fingerprint density at radius 2 is 2.00 bits per heavy atom. The summed E-state index contributed by atoms with van der Waals surface area (Å²) in [4.78, 5) is 21.1. The van der Waals surface area contributed by atoms with Crippen molar-refractivity contribution in [2.75, 3.05) is 14.2 Å². The molecule has 0 atom stereocenters. The van der Waals surface area contributed by atoms with E-state index >= 15 is 0 Å². The molecular weight excluding hydrogens is 339 g/mol. The molecule has 22 heavy (non-hydrogen) atoms. The van der Waals surface area contributed by atoms with E-state index in [0.717, 1.165) is 15.7 Å². The number of hydrogen-bond acceptors (Lipinski definition) is 3. The van der Waals surface area contributed by atoms with Gasteiger partial charge in [0.1, 0.15) is 17.2 Å². The quantitative estimate of drug-likeness (QED) is 0.798. The number of hydroxylamine groups is 2. The average Bonchev–Trinajstić information content (AvgIpc) is 2.71. The molecule has 0 saturated carbocycles. The molecule has 0 spiro atoms. The molecule has 0 radical (unpaired) electrons. The van der Waals surface area contributed by atoms with Crippen molar-refractivity contribution >= 4 is 29.1 Å². The van der Waals surface area contributed by atoms with Gasteiger partial charge in [-0.2, -0.15) is 0 Å². The number of imidazole rings is 1. The highest BCUT2D eigenvalue weighted by Crippen LogP contribution is 2.31. The Bertz CT molecular complexity index is 726. The smallest absolute Gasteiger partial charge is 0.274 e. The van der Waals surface area contributed by atoms with Crippen molar-refractivity contribution < 1.29 is 18.4 Å². The lowest BCUT2D eigenvalue weighted by molar-refractivity contribution is -0.0762. The van der Waals surface area contributed by atoms with Crippen molar-refractivity contribution in [3.63, 3.8) is 0 Å². The minimum Gasteiger partial charge on any atom is -0.274 e. The SMILES string of the molecule is CON(C)C(=O)c1c(C)nc(Cl)n1-c1c(F)cc(F)cc1Cl. The van der Waals surface area contributed by atoms with E-state index in [1.54, 1.807) is 0 Å². The number of carbonyl (C=O) groups is 1. The van der Waals surface area contributed by atoms with Crippen molar-refractivity contribution in [2.45, 2.75) is 6.92 Å². The van der Waals surface area contributed by atoms with Crippen LogP contribution in [0.5, 0.6) is 0 Å². The molecule has 1 amide bonds. The molecule has 1 heterocycles. The van der Waals surface area contributed by atoms with Crippen LogP contribution in [0.4, 0.5) is 8.78 Å². The van der Waals surface area contributed by atoms with E-state index in [-0.39, 0.29) is 27.4 Å². The van der Waals surface area contributed by atoms with Crippen molar-refractivity contribution in [3.05, 3.63) is 45.5 Å². The molecule has 118 valence electrons. The lowest BCUT2D eigenvalue weighted by Gasteiger charge is -2.17. The zero-order valence-electron chi connectivity index (χ0n) is 11.8. The van der Waals surface area contributed by atoms with Crippen molar-refractivity contribution in [2.24, 2.45) is 0 Å². The Morgan fingerprint density at radius 3 is 2.55 bits per heavy atom. The second-order valence-electron chi connectivity index (χ2n) is 4.35. The average molecular weight is 350 g/mol. The molecule has 0 aliphatic heterocycles.